The Hall–Kier alpha value is -3.78. The Labute approximate surface area is 211 Å². The van der Waals surface area contributed by atoms with E-state index in [9.17, 15) is 14.7 Å². The second-order valence-electron chi connectivity index (χ2n) is 9.38. The van der Waals surface area contributed by atoms with E-state index in [0.717, 1.165) is 16.7 Å². The van der Waals surface area contributed by atoms with Gasteiger partial charge in [-0.25, -0.2) is 4.98 Å². The summed E-state index contributed by atoms with van der Waals surface area (Å²) in [7, 11) is 1.75. The Kier molecular flexibility index (Phi) is 7.95. The number of nitrogens with zero attached hydrogens (tertiary/aromatic N) is 4. The summed E-state index contributed by atoms with van der Waals surface area (Å²) < 4.78 is 6.32. The van der Waals surface area contributed by atoms with Gasteiger partial charge in [0, 0.05) is 43.7 Å². The molecule has 1 N–H and O–H groups in total. The number of hydrogen-bond acceptors (Lipinski definition) is 6. The summed E-state index contributed by atoms with van der Waals surface area (Å²) in [6.45, 7) is 4.36. The van der Waals surface area contributed by atoms with E-state index in [2.05, 4.69) is 9.97 Å². The van der Waals surface area contributed by atoms with Crippen molar-refractivity contribution in [3.05, 3.63) is 78.2 Å². The van der Waals surface area contributed by atoms with Crippen LogP contribution >= 0.6 is 0 Å². The van der Waals surface area contributed by atoms with Crippen LogP contribution in [0.15, 0.2) is 67.1 Å². The number of likely N-dealkylation sites (N-methyl/N-ethyl adjacent to an activating group) is 1. The second-order valence-corrected chi connectivity index (χ2v) is 9.38. The molecule has 2 aromatic heterocycles. The van der Waals surface area contributed by atoms with Gasteiger partial charge in [0.1, 0.15) is 11.7 Å². The van der Waals surface area contributed by atoms with E-state index in [4.69, 9.17) is 4.74 Å². The van der Waals surface area contributed by atoms with E-state index in [-0.39, 0.29) is 42.7 Å². The predicted octanol–water partition coefficient (Wildman–Crippen LogP) is 3.06. The molecular formula is C28H32N4O4. The van der Waals surface area contributed by atoms with Crippen LogP contribution in [0, 0.1) is 5.92 Å². The number of rotatable bonds is 7. The number of aromatic nitrogens is 2. The molecule has 188 valence electrons. The normalized spacial score (nSPS) is 18.4. The minimum atomic E-state index is -0.400. The standard InChI is InChI=1S/C28H32N4O4/c1-19-16-32(20(2)18-33)28(35)24-13-23(22-9-5-4-6-10-22)15-30-27(24)36-25(19)17-31(3)26(34)12-21-8-7-11-29-14-21/h4-11,13-15,19-20,25,33H,12,16-18H2,1-3H3/t19-,20-,25-/m1/s1. The number of ether oxygens (including phenoxy) is 1. The number of hydrogen-bond donors (Lipinski definition) is 1. The number of aliphatic hydroxyl groups is 1. The summed E-state index contributed by atoms with van der Waals surface area (Å²) in [4.78, 5) is 38.4. The van der Waals surface area contributed by atoms with Crippen LogP contribution in [0.2, 0.25) is 0 Å². The maximum absolute atomic E-state index is 13.6. The zero-order valence-electron chi connectivity index (χ0n) is 20.9. The van der Waals surface area contributed by atoms with Gasteiger partial charge in [0.25, 0.3) is 5.91 Å². The molecule has 1 aromatic carbocycles. The maximum Gasteiger partial charge on any atom is 0.259 e. The van der Waals surface area contributed by atoms with Crippen molar-refractivity contribution in [2.75, 3.05) is 26.7 Å². The van der Waals surface area contributed by atoms with Gasteiger partial charge in [-0.1, -0.05) is 43.3 Å². The number of carbonyl (C=O) groups is 2. The summed E-state index contributed by atoms with van der Waals surface area (Å²) in [5.74, 6) is -0.159. The van der Waals surface area contributed by atoms with Crippen LogP contribution in [0.25, 0.3) is 11.1 Å². The molecule has 1 aliphatic rings. The smallest absolute Gasteiger partial charge is 0.259 e. The van der Waals surface area contributed by atoms with Gasteiger partial charge in [-0.15, -0.1) is 0 Å². The molecule has 3 aromatic rings. The first-order valence-corrected chi connectivity index (χ1v) is 12.1. The molecule has 0 radical (unpaired) electrons. The highest BCUT2D eigenvalue weighted by molar-refractivity contribution is 5.98. The highest BCUT2D eigenvalue weighted by Gasteiger charge is 2.34. The topological polar surface area (TPSA) is 95.9 Å². The van der Waals surface area contributed by atoms with Crippen LogP contribution in [-0.4, -0.2) is 75.6 Å². The molecular weight excluding hydrogens is 456 g/mol. The lowest BCUT2D eigenvalue weighted by atomic mass is 9.99. The van der Waals surface area contributed by atoms with E-state index in [0.29, 0.717) is 18.7 Å². The minimum Gasteiger partial charge on any atom is -0.472 e. The van der Waals surface area contributed by atoms with Crippen LogP contribution in [0.4, 0.5) is 0 Å². The first-order chi connectivity index (χ1) is 17.4. The van der Waals surface area contributed by atoms with Crippen molar-refractivity contribution in [2.45, 2.75) is 32.4 Å². The van der Waals surface area contributed by atoms with Crippen molar-refractivity contribution in [1.29, 1.82) is 0 Å². The molecule has 3 heterocycles. The number of fused-ring (bicyclic) bond motifs is 1. The van der Waals surface area contributed by atoms with E-state index >= 15 is 0 Å². The summed E-state index contributed by atoms with van der Waals surface area (Å²) in [6, 6.07) is 14.8. The minimum absolute atomic E-state index is 0.0508. The van der Waals surface area contributed by atoms with E-state index in [1.165, 1.54) is 0 Å². The molecule has 36 heavy (non-hydrogen) atoms. The Morgan fingerprint density at radius 1 is 1.19 bits per heavy atom. The van der Waals surface area contributed by atoms with Gasteiger partial charge in [-0.05, 0) is 30.2 Å². The first kappa shape index (κ1) is 25.3. The summed E-state index contributed by atoms with van der Waals surface area (Å²) in [5.41, 5.74) is 2.93. The van der Waals surface area contributed by atoms with Crippen LogP contribution in [0.5, 0.6) is 5.88 Å². The van der Waals surface area contributed by atoms with Crippen LogP contribution < -0.4 is 4.74 Å². The van der Waals surface area contributed by atoms with Crippen molar-refractivity contribution < 1.29 is 19.4 Å². The van der Waals surface area contributed by atoms with E-state index < -0.39 is 6.10 Å². The Morgan fingerprint density at radius 2 is 1.97 bits per heavy atom. The third-order valence-corrected chi connectivity index (χ3v) is 6.59. The lowest BCUT2D eigenvalue weighted by Gasteiger charge is -2.37. The molecule has 8 heteroatoms. The Morgan fingerprint density at radius 3 is 2.67 bits per heavy atom. The van der Waals surface area contributed by atoms with Crippen molar-refractivity contribution in [3.8, 4) is 17.0 Å². The van der Waals surface area contributed by atoms with Gasteiger partial charge in [-0.2, -0.15) is 0 Å². The molecule has 4 rings (SSSR count). The Balaban J connectivity index is 1.62. The van der Waals surface area contributed by atoms with E-state index in [1.54, 1.807) is 41.5 Å². The zero-order valence-corrected chi connectivity index (χ0v) is 20.9. The second kappa shape index (κ2) is 11.3. The summed E-state index contributed by atoms with van der Waals surface area (Å²) >= 11 is 0. The lowest BCUT2D eigenvalue weighted by molar-refractivity contribution is -0.130. The predicted molar refractivity (Wildman–Crippen MR) is 136 cm³/mol. The number of aliphatic hydroxyl groups excluding tert-OH is 1. The molecule has 0 fully saturated rings. The molecule has 0 bridgehead atoms. The fourth-order valence-electron chi connectivity index (χ4n) is 4.29. The lowest BCUT2D eigenvalue weighted by Crippen LogP contribution is -2.50. The molecule has 0 saturated heterocycles. The molecule has 3 atom stereocenters. The fraction of sp³-hybridized carbons (Fsp3) is 0.357. The van der Waals surface area contributed by atoms with E-state index in [1.807, 2.05) is 56.3 Å². The molecule has 0 saturated carbocycles. The SMILES string of the molecule is C[C@@H]1CN([C@H](C)CO)C(=O)c2cc(-c3ccccc3)cnc2O[C@@H]1CN(C)C(=O)Cc1cccnc1. The third-order valence-electron chi connectivity index (χ3n) is 6.59. The van der Waals surface area contributed by atoms with Crippen molar-refractivity contribution in [2.24, 2.45) is 5.92 Å². The molecule has 8 nitrogen and oxygen atoms in total. The van der Waals surface area contributed by atoms with Gasteiger partial charge in [-0.3, -0.25) is 14.6 Å². The summed E-state index contributed by atoms with van der Waals surface area (Å²) in [5, 5.41) is 9.86. The largest absolute Gasteiger partial charge is 0.472 e. The van der Waals surface area contributed by atoms with Gasteiger partial charge >= 0.3 is 0 Å². The third kappa shape index (κ3) is 5.71. The highest BCUT2D eigenvalue weighted by atomic mass is 16.5. The summed E-state index contributed by atoms with van der Waals surface area (Å²) in [6.07, 6.45) is 4.90. The monoisotopic (exact) mass is 488 g/mol. The van der Waals surface area contributed by atoms with Crippen molar-refractivity contribution >= 4 is 11.8 Å². The average Bonchev–Trinajstić information content (AvgIpc) is 2.91. The molecule has 0 aliphatic carbocycles. The van der Waals surface area contributed by atoms with Gasteiger partial charge in [0.05, 0.1) is 25.6 Å². The highest BCUT2D eigenvalue weighted by Crippen LogP contribution is 2.30. The number of carbonyl (C=O) groups excluding carboxylic acids is 2. The zero-order chi connectivity index (χ0) is 25.7. The number of benzene rings is 1. The quantitative estimate of drug-likeness (QED) is 0.549. The van der Waals surface area contributed by atoms with Gasteiger partial charge in [0.2, 0.25) is 11.8 Å². The average molecular weight is 489 g/mol. The number of amides is 2. The fourth-order valence-corrected chi connectivity index (χ4v) is 4.29. The van der Waals surface area contributed by atoms with Crippen LogP contribution in [0.3, 0.4) is 0 Å². The molecule has 1 aliphatic heterocycles. The van der Waals surface area contributed by atoms with Crippen LogP contribution in [-0.2, 0) is 11.2 Å². The van der Waals surface area contributed by atoms with Gasteiger partial charge in [0.15, 0.2) is 0 Å². The number of pyridine rings is 2. The first-order valence-electron chi connectivity index (χ1n) is 12.1. The van der Waals surface area contributed by atoms with Crippen molar-refractivity contribution in [1.82, 2.24) is 19.8 Å². The molecule has 0 spiro atoms. The van der Waals surface area contributed by atoms with Crippen molar-refractivity contribution in [3.63, 3.8) is 0 Å². The van der Waals surface area contributed by atoms with Crippen LogP contribution in [0.1, 0.15) is 29.8 Å². The van der Waals surface area contributed by atoms with Gasteiger partial charge < -0.3 is 19.6 Å². The maximum atomic E-state index is 13.6. The Bertz CT molecular complexity index is 1190. The molecule has 0 unspecified atom stereocenters. The molecule has 2 amide bonds.